The summed E-state index contributed by atoms with van der Waals surface area (Å²) < 4.78 is 9.52. The SMILES string of the molecule is COC(=O)N[C@@H](C(=O)[NH+]1CCCC1c1ncc(-c2ccc(-c3ccc(-c4cnc(C5CCC[NH+]5C(=O)[C@H](NC(=O)OC)C(C)C)[nH]4)cc3)cc2)[nH]1)C(C)C. The van der Waals surface area contributed by atoms with Crippen molar-refractivity contribution >= 4 is 24.0 Å². The predicted octanol–water partition coefficient (Wildman–Crippen LogP) is 3.39. The largest absolute Gasteiger partial charge is 0.453 e. The molecule has 14 nitrogen and oxygen atoms in total. The minimum absolute atomic E-state index is 0.0567. The van der Waals surface area contributed by atoms with E-state index in [0.29, 0.717) is 13.1 Å². The lowest BCUT2D eigenvalue weighted by Gasteiger charge is -2.25. The molecule has 54 heavy (non-hydrogen) atoms. The summed E-state index contributed by atoms with van der Waals surface area (Å²) in [7, 11) is 2.59. The Hall–Kier alpha value is -5.34. The van der Waals surface area contributed by atoms with Gasteiger partial charge in [-0.1, -0.05) is 76.2 Å². The van der Waals surface area contributed by atoms with E-state index in [4.69, 9.17) is 9.47 Å². The van der Waals surface area contributed by atoms with E-state index in [1.807, 2.05) is 40.1 Å². The van der Waals surface area contributed by atoms with Crippen molar-refractivity contribution in [1.29, 1.82) is 0 Å². The molecule has 286 valence electrons. The number of hydrogen-bond donors (Lipinski definition) is 6. The summed E-state index contributed by atoms with van der Waals surface area (Å²) in [5.74, 6) is 1.24. The van der Waals surface area contributed by atoms with Gasteiger partial charge in [0.2, 0.25) is 0 Å². The van der Waals surface area contributed by atoms with Crippen LogP contribution in [-0.4, -0.2) is 83.3 Å². The smallest absolute Gasteiger partial charge is 0.407 e. The molecule has 4 heterocycles. The second-order valence-electron chi connectivity index (χ2n) is 14.9. The molecular weight excluding hydrogens is 688 g/mol. The maximum absolute atomic E-state index is 13.6. The molecule has 2 aromatic heterocycles. The Balaban J connectivity index is 1.11. The molecule has 6 N–H and O–H groups in total. The van der Waals surface area contributed by atoms with Crippen LogP contribution in [0.5, 0.6) is 0 Å². The third-order valence-electron chi connectivity index (χ3n) is 10.7. The molecule has 2 aliphatic heterocycles. The number of carbonyl (C=O) groups excluding carboxylic acids is 4. The van der Waals surface area contributed by atoms with Gasteiger partial charge in [-0.2, -0.15) is 0 Å². The number of aromatic amines is 2. The van der Waals surface area contributed by atoms with Gasteiger partial charge >= 0.3 is 24.0 Å². The molecule has 6 atom stereocenters. The number of nitrogens with one attached hydrogen (secondary N) is 6. The van der Waals surface area contributed by atoms with Crippen LogP contribution in [0.1, 0.15) is 77.1 Å². The molecule has 4 aromatic rings. The number of quaternary nitrogens is 2. The highest BCUT2D eigenvalue weighted by Crippen LogP contribution is 2.29. The number of amides is 4. The van der Waals surface area contributed by atoms with Gasteiger partial charge in [0.05, 0.1) is 51.1 Å². The van der Waals surface area contributed by atoms with E-state index < -0.39 is 24.3 Å². The molecule has 0 radical (unpaired) electrons. The van der Waals surface area contributed by atoms with Crippen LogP contribution in [0, 0.1) is 11.8 Å². The second-order valence-corrected chi connectivity index (χ2v) is 14.9. The number of methoxy groups -OCH3 is 2. The molecule has 0 saturated carbocycles. The summed E-state index contributed by atoms with van der Waals surface area (Å²) >= 11 is 0. The lowest BCUT2D eigenvalue weighted by Crippen LogP contribution is -3.14. The number of ether oxygens (including phenoxy) is 2. The standard InChI is InChI=1S/C40H50N8O6/c1-23(2)33(45-39(51)53-5)37(49)47-19-7-9-31(47)35-41-21-29(43-35)27-15-11-25(12-16-27)26-13-17-28(18-14-26)30-22-42-36(44-30)32-10-8-20-48(32)38(50)34(24(3)4)46-40(52)54-6/h11-18,21-24,31-34H,7-10,19-20H2,1-6H3,(H,41,43)(H,42,44)(H,45,51)(H,46,52)/p+2/t31?,32?,33-,34-/m1/s1. The Bertz CT molecular complexity index is 1800. The summed E-state index contributed by atoms with van der Waals surface area (Å²) in [5.41, 5.74) is 5.85. The monoisotopic (exact) mass is 740 g/mol. The Kier molecular flexibility index (Phi) is 11.9. The first kappa shape index (κ1) is 38.4. The van der Waals surface area contributed by atoms with Crippen molar-refractivity contribution in [2.75, 3.05) is 27.3 Å². The van der Waals surface area contributed by atoms with Crippen LogP contribution in [0.25, 0.3) is 33.6 Å². The van der Waals surface area contributed by atoms with Crippen LogP contribution >= 0.6 is 0 Å². The first-order chi connectivity index (χ1) is 26.0. The van der Waals surface area contributed by atoms with E-state index in [1.54, 1.807) is 0 Å². The maximum Gasteiger partial charge on any atom is 0.407 e. The van der Waals surface area contributed by atoms with E-state index in [-0.39, 0.29) is 35.7 Å². The van der Waals surface area contributed by atoms with Crippen LogP contribution in [-0.2, 0) is 19.1 Å². The van der Waals surface area contributed by atoms with Gasteiger partial charge in [-0.25, -0.2) is 29.1 Å². The quantitative estimate of drug-likeness (QED) is 0.136. The van der Waals surface area contributed by atoms with Crippen molar-refractivity contribution in [2.24, 2.45) is 11.8 Å². The highest BCUT2D eigenvalue weighted by molar-refractivity contribution is 5.81. The highest BCUT2D eigenvalue weighted by atomic mass is 16.5. The summed E-state index contributed by atoms with van der Waals surface area (Å²) in [4.78, 5) is 68.9. The number of alkyl carbamates (subject to hydrolysis) is 2. The number of nitrogens with zero attached hydrogens (tertiary/aromatic N) is 2. The number of likely N-dealkylation sites (tertiary alicyclic amines) is 2. The molecule has 2 fully saturated rings. The average molecular weight is 741 g/mol. The first-order valence-electron chi connectivity index (χ1n) is 18.8. The van der Waals surface area contributed by atoms with Gasteiger partial charge in [-0.3, -0.25) is 9.80 Å². The molecular formula is C40H52N8O6+2. The number of H-pyrrole nitrogens is 2. The summed E-state index contributed by atoms with van der Waals surface area (Å²) in [5, 5.41) is 5.43. The number of rotatable bonds is 11. The third-order valence-corrected chi connectivity index (χ3v) is 10.7. The fraction of sp³-hybridized carbons (Fsp3) is 0.450. The molecule has 14 heteroatoms. The molecule has 0 bridgehead atoms. The average Bonchev–Trinajstić information content (AvgIpc) is 4.02. The maximum atomic E-state index is 13.6. The van der Waals surface area contributed by atoms with Gasteiger partial charge in [-0.15, -0.1) is 0 Å². The van der Waals surface area contributed by atoms with E-state index >= 15 is 0 Å². The van der Waals surface area contributed by atoms with Crippen molar-refractivity contribution in [3.63, 3.8) is 0 Å². The van der Waals surface area contributed by atoms with Crippen molar-refractivity contribution < 1.29 is 38.5 Å². The Morgan fingerprint density at radius 1 is 0.630 bits per heavy atom. The zero-order valence-electron chi connectivity index (χ0n) is 31.8. The lowest BCUT2D eigenvalue weighted by atomic mass is 10.0. The Morgan fingerprint density at radius 2 is 0.981 bits per heavy atom. The molecule has 0 spiro atoms. The van der Waals surface area contributed by atoms with Gasteiger partial charge in [0.1, 0.15) is 12.1 Å². The van der Waals surface area contributed by atoms with Gasteiger partial charge in [0.15, 0.2) is 23.7 Å². The van der Waals surface area contributed by atoms with Gasteiger partial charge in [0.25, 0.3) is 0 Å². The number of hydrogen-bond acceptors (Lipinski definition) is 8. The van der Waals surface area contributed by atoms with Crippen molar-refractivity contribution in [2.45, 2.75) is 77.5 Å². The number of carbonyl (C=O) groups is 4. The van der Waals surface area contributed by atoms with E-state index in [2.05, 4.69) is 79.1 Å². The van der Waals surface area contributed by atoms with Crippen LogP contribution in [0.4, 0.5) is 9.59 Å². The van der Waals surface area contributed by atoms with Crippen molar-refractivity contribution in [1.82, 2.24) is 30.6 Å². The van der Waals surface area contributed by atoms with Crippen molar-refractivity contribution in [3.8, 4) is 33.6 Å². The molecule has 4 amide bonds. The molecule has 2 saturated heterocycles. The predicted molar refractivity (Wildman–Crippen MR) is 201 cm³/mol. The normalized spacial score (nSPS) is 20.8. The summed E-state index contributed by atoms with van der Waals surface area (Å²) in [6.45, 7) is 9.01. The van der Waals surface area contributed by atoms with Crippen LogP contribution in [0.15, 0.2) is 60.9 Å². The highest BCUT2D eigenvalue weighted by Gasteiger charge is 2.44. The Morgan fingerprint density at radius 3 is 1.31 bits per heavy atom. The lowest BCUT2D eigenvalue weighted by molar-refractivity contribution is -0.841. The van der Waals surface area contributed by atoms with E-state index in [0.717, 1.165) is 80.8 Å². The molecule has 2 aliphatic rings. The van der Waals surface area contributed by atoms with E-state index in [9.17, 15) is 19.2 Å². The Labute approximate surface area is 315 Å². The minimum atomic E-state index is -0.649. The van der Waals surface area contributed by atoms with Gasteiger partial charge in [0, 0.05) is 25.7 Å². The number of aromatic nitrogens is 4. The zero-order valence-corrected chi connectivity index (χ0v) is 31.8. The first-order valence-corrected chi connectivity index (χ1v) is 18.8. The van der Waals surface area contributed by atoms with Crippen LogP contribution in [0.2, 0.25) is 0 Å². The number of benzene rings is 2. The zero-order chi connectivity index (χ0) is 38.5. The van der Waals surface area contributed by atoms with E-state index in [1.165, 1.54) is 14.2 Å². The van der Waals surface area contributed by atoms with Crippen LogP contribution < -0.4 is 20.4 Å². The molecule has 2 aromatic carbocycles. The third kappa shape index (κ3) is 8.24. The van der Waals surface area contributed by atoms with Crippen LogP contribution in [0.3, 0.4) is 0 Å². The second kappa shape index (κ2) is 16.8. The fourth-order valence-electron chi connectivity index (χ4n) is 7.73. The topological polar surface area (TPSA) is 177 Å². The van der Waals surface area contributed by atoms with Gasteiger partial charge < -0.3 is 30.1 Å². The fourth-order valence-corrected chi connectivity index (χ4v) is 7.73. The van der Waals surface area contributed by atoms with Gasteiger partial charge in [-0.05, 0) is 34.1 Å². The molecule has 6 rings (SSSR count). The summed E-state index contributed by atoms with van der Waals surface area (Å²) in [6, 6.07) is 15.0. The number of imidazole rings is 2. The summed E-state index contributed by atoms with van der Waals surface area (Å²) in [6.07, 6.45) is 5.82. The molecule has 0 aliphatic carbocycles. The van der Waals surface area contributed by atoms with Crippen molar-refractivity contribution in [3.05, 3.63) is 72.6 Å². The molecule has 4 unspecified atom stereocenters. The minimum Gasteiger partial charge on any atom is -0.453 e.